The standard InChI is InChI=1S/C20H24N2O5/c23-17(22-10-14-3-2-8-20(14,12-22)19(25)26)11-27-16-5-1-4-15(9-16)21-18(24)13-6-7-13/h1,4-5,9,13-14H,2-3,6-8,10-12H2,(H,21,24)(H,25,26)/t14-,20+/m0/s1. The molecule has 0 unspecified atom stereocenters. The summed E-state index contributed by atoms with van der Waals surface area (Å²) in [5.41, 5.74) is -0.125. The summed E-state index contributed by atoms with van der Waals surface area (Å²) < 4.78 is 5.60. The van der Waals surface area contributed by atoms with Crippen molar-refractivity contribution in [1.29, 1.82) is 0 Å². The number of carboxylic acid groups (broad SMARTS) is 1. The van der Waals surface area contributed by atoms with Gasteiger partial charge in [-0.25, -0.2) is 0 Å². The molecular formula is C20H24N2O5. The highest BCUT2D eigenvalue weighted by atomic mass is 16.5. The largest absolute Gasteiger partial charge is 0.484 e. The normalized spacial score (nSPS) is 26.5. The van der Waals surface area contributed by atoms with Gasteiger partial charge in [-0.3, -0.25) is 14.4 Å². The third kappa shape index (κ3) is 3.50. The topological polar surface area (TPSA) is 95.9 Å². The molecule has 0 radical (unpaired) electrons. The second-order valence-corrected chi connectivity index (χ2v) is 7.90. The Labute approximate surface area is 157 Å². The highest BCUT2D eigenvalue weighted by Gasteiger charge is 2.55. The lowest BCUT2D eigenvalue weighted by Gasteiger charge is -2.23. The van der Waals surface area contributed by atoms with Crippen LogP contribution in [0.3, 0.4) is 0 Å². The number of ether oxygens (including phenoxy) is 1. The molecule has 2 atom stereocenters. The number of carbonyl (C=O) groups excluding carboxylic acids is 2. The lowest BCUT2D eigenvalue weighted by Crippen LogP contribution is -2.38. The second kappa shape index (κ2) is 6.87. The van der Waals surface area contributed by atoms with Crippen LogP contribution in [0.25, 0.3) is 0 Å². The number of fused-ring (bicyclic) bond motifs is 1. The van der Waals surface area contributed by atoms with Crippen molar-refractivity contribution in [2.24, 2.45) is 17.3 Å². The van der Waals surface area contributed by atoms with Crippen LogP contribution >= 0.6 is 0 Å². The maximum Gasteiger partial charge on any atom is 0.311 e. The number of likely N-dealkylation sites (tertiary alicyclic amines) is 1. The van der Waals surface area contributed by atoms with Crippen molar-refractivity contribution < 1.29 is 24.2 Å². The maximum absolute atomic E-state index is 12.5. The molecule has 0 spiro atoms. The third-order valence-corrected chi connectivity index (χ3v) is 6.06. The summed E-state index contributed by atoms with van der Waals surface area (Å²) in [4.78, 5) is 37.7. The fraction of sp³-hybridized carbons (Fsp3) is 0.550. The first kappa shape index (κ1) is 17.8. The van der Waals surface area contributed by atoms with E-state index in [4.69, 9.17) is 4.74 Å². The van der Waals surface area contributed by atoms with Crippen LogP contribution in [0.15, 0.2) is 24.3 Å². The van der Waals surface area contributed by atoms with E-state index in [-0.39, 0.29) is 36.8 Å². The van der Waals surface area contributed by atoms with Crippen LogP contribution in [0.2, 0.25) is 0 Å². The van der Waals surface area contributed by atoms with E-state index < -0.39 is 11.4 Å². The number of amides is 2. The van der Waals surface area contributed by atoms with Crippen LogP contribution in [0, 0.1) is 17.3 Å². The maximum atomic E-state index is 12.5. The van der Waals surface area contributed by atoms with Gasteiger partial charge in [0, 0.05) is 30.8 Å². The van der Waals surface area contributed by atoms with Gasteiger partial charge in [-0.2, -0.15) is 0 Å². The Kier molecular flexibility index (Phi) is 4.53. The van der Waals surface area contributed by atoms with Gasteiger partial charge in [0.2, 0.25) is 5.91 Å². The molecule has 1 aromatic rings. The monoisotopic (exact) mass is 372 g/mol. The molecule has 3 fully saturated rings. The van der Waals surface area contributed by atoms with Crippen LogP contribution in [0.4, 0.5) is 5.69 Å². The smallest absolute Gasteiger partial charge is 0.311 e. The molecule has 1 aromatic carbocycles. The molecule has 0 bridgehead atoms. The van der Waals surface area contributed by atoms with Crippen LogP contribution in [0.5, 0.6) is 5.75 Å². The van der Waals surface area contributed by atoms with Crippen LogP contribution in [-0.4, -0.2) is 47.5 Å². The Hall–Kier alpha value is -2.57. The Bertz CT molecular complexity index is 775. The lowest BCUT2D eigenvalue weighted by atomic mass is 9.81. The van der Waals surface area contributed by atoms with E-state index in [0.717, 1.165) is 25.7 Å². The summed E-state index contributed by atoms with van der Waals surface area (Å²) in [6.45, 7) is 0.626. The molecule has 1 saturated heterocycles. The minimum atomic E-state index is -0.791. The highest BCUT2D eigenvalue weighted by Crippen LogP contribution is 2.48. The molecule has 2 aliphatic carbocycles. The first-order valence-electron chi connectivity index (χ1n) is 9.53. The van der Waals surface area contributed by atoms with Crippen molar-refractivity contribution >= 4 is 23.5 Å². The van der Waals surface area contributed by atoms with Crippen molar-refractivity contribution in [2.45, 2.75) is 32.1 Å². The summed E-state index contributed by atoms with van der Waals surface area (Å²) in [5.74, 6) is -0.305. The number of nitrogens with one attached hydrogen (secondary N) is 1. The summed E-state index contributed by atoms with van der Waals surface area (Å²) >= 11 is 0. The Morgan fingerprint density at radius 3 is 2.78 bits per heavy atom. The number of aliphatic carboxylic acids is 1. The summed E-state index contributed by atoms with van der Waals surface area (Å²) in [6, 6.07) is 6.98. The van der Waals surface area contributed by atoms with Gasteiger partial charge in [0.05, 0.1) is 5.41 Å². The van der Waals surface area contributed by atoms with E-state index in [2.05, 4.69) is 5.32 Å². The zero-order chi connectivity index (χ0) is 19.0. The van der Waals surface area contributed by atoms with Gasteiger partial charge in [0.1, 0.15) is 5.75 Å². The van der Waals surface area contributed by atoms with Gasteiger partial charge >= 0.3 is 5.97 Å². The molecular weight excluding hydrogens is 348 g/mol. The molecule has 2 amide bonds. The van der Waals surface area contributed by atoms with Crippen molar-refractivity contribution in [3.8, 4) is 5.75 Å². The molecule has 4 rings (SSSR count). The number of hydrogen-bond acceptors (Lipinski definition) is 4. The molecule has 27 heavy (non-hydrogen) atoms. The number of carboxylic acids is 1. The fourth-order valence-corrected chi connectivity index (χ4v) is 4.32. The predicted molar refractivity (Wildman–Crippen MR) is 97.3 cm³/mol. The minimum absolute atomic E-state index is 0.0193. The SMILES string of the molecule is O=C(Nc1cccc(OCC(=O)N2C[C@@H]3CCC[C@@]3(C(=O)O)C2)c1)C1CC1. The van der Waals surface area contributed by atoms with E-state index >= 15 is 0 Å². The number of rotatable bonds is 6. The van der Waals surface area contributed by atoms with E-state index in [1.165, 1.54) is 0 Å². The number of nitrogens with zero attached hydrogens (tertiary/aromatic N) is 1. The van der Waals surface area contributed by atoms with Crippen molar-refractivity contribution in [3.63, 3.8) is 0 Å². The zero-order valence-electron chi connectivity index (χ0n) is 15.1. The molecule has 7 heteroatoms. The fourth-order valence-electron chi connectivity index (χ4n) is 4.32. The van der Waals surface area contributed by atoms with Gasteiger partial charge in [0.25, 0.3) is 5.91 Å². The van der Waals surface area contributed by atoms with Crippen LogP contribution in [0.1, 0.15) is 32.1 Å². The van der Waals surface area contributed by atoms with Gasteiger partial charge in [-0.05, 0) is 43.7 Å². The van der Waals surface area contributed by atoms with E-state index in [1.54, 1.807) is 29.2 Å². The summed E-state index contributed by atoms with van der Waals surface area (Å²) in [6.07, 6.45) is 4.28. The van der Waals surface area contributed by atoms with Gasteiger partial charge in [0.15, 0.2) is 6.61 Å². The molecule has 144 valence electrons. The molecule has 3 aliphatic rings. The summed E-state index contributed by atoms with van der Waals surface area (Å²) in [5, 5.41) is 12.5. The molecule has 1 heterocycles. The molecule has 2 N–H and O–H groups in total. The molecule has 7 nitrogen and oxygen atoms in total. The first-order valence-corrected chi connectivity index (χ1v) is 9.53. The Morgan fingerprint density at radius 2 is 2.07 bits per heavy atom. The average molecular weight is 372 g/mol. The van der Waals surface area contributed by atoms with E-state index in [1.807, 2.05) is 0 Å². The number of hydrogen-bond donors (Lipinski definition) is 2. The highest BCUT2D eigenvalue weighted by molar-refractivity contribution is 5.94. The Morgan fingerprint density at radius 1 is 1.26 bits per heavy atom. The number of carbonyl (C=O) groups is 3. The summed E-state index contributed by atoms with van der Waals surface area (Å²) in [7, 11) is 0. The second-order valence-electron chi connectivity index (χ2n) is 7.90. The van der Waals surface area contributed by atoms with Crippen molar-refractivity contribution in [2.75, 3.05) is 25.0 Å². The van der Waals surface area contributed by atoms with Crippen LogP contribution in [-0.2, 0) is 14.4 Å². The quantitative estimate of drug-likeness (QED) is 0.797. The van der Waals surface area contributed by atoms with Crippen LogP contribution < -0.4 is 10.1 Å². The van der Waals surface area contributed by atoms with E-state index in [9.17, 15) is 19.5 Å². The molecule has 2 saturated carbocycles. The first-order chi connectivity index (χ1) is 13.0. The third-order valence-electron chi connectivity index (χ3n) is 6.06. The van der Waals surface area contributed by atoms with Gasteiger partial charge in [-0.15, -0.1) is 0 Å². The van der Waals surface area contributed by atoms with Crippen molar-refractivity contribution in [3.05, 3.63) is 24.3 Å². The van der Waals surface area contributed by atoms with Gasteiger partial charge in [-0.1, -0.05) is 12.5 Å². The van der Waals surface area contributed by atoms with Crippen molar-refractivity contribution in [1.82, 2.24) is 4.90 Å². The average Bonchev–Trinajstić information content (AvgIpc) is 3.31. The molecule has 1 aliphatic heterocycles. The minimum Gasteiger partial charge on any atom is -0.484 e. The number of benzene rings is 1. The Balaban J connectivity index is 1.33. The van der Waals surface area contributed by atoms with Gasteiger partial charge < -0.3 is 20.1 Å². The number of anilines is 1. The lowest BCUT2D eigenvalue weighted by molar-refractivity contribution is -0.149. The zero-order valence-corrected chi connectivity index (χ0v) is 15.1. The predicted octanol–water partition coefficient (Wildman–Crippen LogP) is 2.13. The molecule has 0 aromatic heterocycles. The van der Waals surface area contributed by atoms with E-state index in [0.29, 0.717) is 24.4 Å².